The number of hydrogen-bond acceptors (Lipinski definition) is 5. The summed E-state index contributed by atoms with van der Waals surface area (Å²) in [6.45, 7) is 23.2. The van der Waals surface area contributed by atoms with E-state index in [1.54, 1.807) is 53.8 Å². The van der Waals surface area contributed by atoms with Crippen molar-refractivity contribution in [1.29, 1.82) is 0 Å². The molecule has 0 fully saturated rings. The van der Waals surface area contributed by atoms with E-state index in [0.717, 1.165) is 0 Å². The first-order valence-electron chi connectivity index (χ1n) is 12.2. The number of hydrogen-bond donors (Lipinski definition) is 3. The van der Waals surface area contributed by atoms with Crippen LogP contribution in [0.25, 0.3) is 0 Å². The zero-order valence-electron chi connectivity index (χ0n) is 24.1. The summed E-state index contributed by atoms with van der Waals surface area (Å²) < 4.78 is 5.34. The zero-order valence-corrected chi connectivity index (χ0v) is 24.1. The van der Waals surface area contributed by atoms with E-state index in [0.29, 0.717) is 0 Å². The van der Waals surface area contributed by atoms with E-state index in [1.165, 1.54) is 11.8 Å². The molecule has 0 spiro atoms. The molecule has 0 saturated carbocycles. The first kappa shape index (κ1) is 33.2. The molecule has 206 valence electrons. The fourth-order valence-corrected chi connectivity index (χ4v) is 3.44. The molecule has 0 aromatic rings. The minimum atomic E-state index is -1.07. The maximum Gasteiger partial charge on any atom is 0.408 e. The Morgan fingerprint density at radius 3 is 1.81 bits per heavy atom. The largest absolute Gasteiger partial charge is 0.478 e. The molecule has 9 nitrogen and oxygen atoms in total. The van der Waals surface area contributed by atoms with Gasteiger partial charge in [-0.3, -0.25) is 9.59 Å². The molecule has 0 rings (SSSR count). The molecule has 0 aliphatic carbocycles. The quantitative estimate of drug-likeness (QED) is 0.300. The van der Waals surface area contributed by atoms with Crippen LogP contribution in [0.5, 0.6) is 0 Å². The monoisotopic (exact) mass is 509 g/mol. The first-order chi connectivity index (χ1) is 16.0. The maximum absolute atomic E-state index is 13.7. The molecule has 0 heterocycles. The van der Waals surface area contributed by atoms with Crippen LogP contribution in [-0.2, 0) is 19.1 Å². The Morgan fingerprint density at radius 2 is 1.44 bits per heavy atom. The molecule has 0 aliphatic rings. The predicted octanol–water partition coefficient (Wildman–Crippen LogP) is 4.14. The maximum atomic E-state index is 13.7. The highest BCUT2D eigenvalue weighted by Crippen LogP contribution is 2.27. The van der Waals surface area contributed by atoms with Crippen LogP contribution >= 0.6 is 0 Å². The second-order valence-electron chi connectivity index (χ2n) is 12.3. The summed E-state index contributed by atoms with van der Waals surface area (Å²) in [7, 11) is 1.59. The van der Waals surface area contributed by atoms with Crippen LogP contribution in [0.3, 0.4) is 0 Å². The van der Waals surface area contributed by atoms with Gasteiger partial charge in [0.1, 0.15) is 17.7 Å². The van der Waals surface area contributed by atoms with Crippen molar-refractivity contribution >= 4 is 23.9 Å². The third-order valence-electron chi connectivity index (χ3n) is 5.83. The number of carbonyl (C=O) groups is 4. The number of likely N-dealkylation sites (N-methyl/N-ethyl adjacent to an activating group) is 1. The highest BCUT2D eigenvalue weighted by molar-refractivity contribution is 5.92. The van der Waals surface area contributed by atoms with E-state index >= 15 is 0 Å². The zero-order chi connectivity index (χ0) is 28.8. The molecule has 3 atom stereocenters. The second-order valence-corrected chi connectivity index (χ2v) is 12.3. The van der Waals surface area contributed by atoms with Gasteiger partial charge in [-0.05, 0) is 39.0 Å². The smallest absolute Gasteiger partial charge is 0.408 e. The summed E-state index contributed by atoms with van der Waals surface area (Å²) in [5.41, 5.74) is -2.19. The number of aliphatic carboxylic acids is 1. The molecule has 0 aromatic heterocycles. The molecule has 36 heavy (non-hydrogen) atoms. The average Bonchev–Trinajstić information content (AvgIpc) is 2.70. The molecular weight excluding hydrogens is 462 g/mol. The van der Waals surface area contributed by atoms with Gasteiger partial charge in [0, 0.05) is 18.0 Å². The number of carboxylic acid groups (broad SMARTS) is 1. The predicted molar refractivity (Wildman–Crippen MR) is 141 cm³/mol. The Labute approximate surface area is 216 Å². The van der Waals surface area contributed by atoms with E-state index in [9.17, 15) is 24.3 Å². The molecular formula is C27H47N3O6. The molecule has 1 unspecified atom stereocenters. The molecule has 0 aromatic carbocycles. The normalized spacial score (nSPS) is 15.4. The first-order valence-corrected chi connectivity index (χ1v) is 12.2. The van der Waals surface area contributed by atoms with E-state index in [1.807, 2.05) is 34.6 Å². The molecule has 3 amide bonds. The Kier molecular flexibility index (Phi) is 11.4. The van der Waals surface area contributed by atoms with Gasteiger partial charge in [0.05, 0.1) is 6.04 Å². The lowest BCUT2D eigenvalue weighted by Crippen LogP contribution is -2.62. The number of amides is 3. The molecule has 0 radical (unpaired) electrons. The van der Waals surface area contributed by atoms with Crippen LogP contribution in [0.4, 0.5) is 4.79 Å². The summed E-state index contributed by atoms with van der Waals surface area (Å²) in [6, 6.07) is -2.53. The van der Waals surface area contributed by atoms with Crippen molar-refractivity contribution in [1.82, 2.24) is 15.5 Å². The van der Waals surface area contributed by atoms with E-state index < -0.39 is 52.5 Å². The van der Waals surface area contributed by atoms with Gasteiger partial charge < -0.3 is 25.4 Å². The Balaban J connectivity index is 6.21. The number of alkyl carbamates (subject to hydrolysis) is 1. The van der Waals surface area contributed by atoms with Crippen LogP contribution in [0.1, 0.15) is 76.2 Å². The Hall–Kier alpha value is -2.84. The van der Waals surface area contributed by atoms with Crippen molar-refractivity contribution in [3.8, 4) is 0 Å². The van der Waals surface area contributed by atoms with Crippen molar-refractivity contribution < 1.29 is 29.0 Å². The van der Waals surface area contributed by atoms with Crippen molar-refractivity contribution in [3.05, 3.63) is 24.3 Å². The minimum Gasteiger partial charge on any atom is -0.478 e. The molecule has 9 heteroatoms. The summed E-state index contributed by atoms with van der Waals surface area (Å²) in [5, 5.41) is 14.8. The average molecular weight is 510 g/mol. The Bertz CT molecular complexity index is 862. The molecule has 0 aliphatic heterocycles. The number of carboxylic acids is 1. The Morgan fingerprint density at radius 1 is 0.944 bits per heavy atom. The van der Waals surface area contributed by atoms with Crippen molar-refractivity contribution in [3.63, 3.8) is 0 Å². The van der Waals surface area contributed by atoms with Crippen LogP contribution in [0, 0.1) is 16.7 Å². The standard InChI is InChI=1S/C27H47N3O6/c1-14-27(11,12)19(29-24(35)36-26(8,9)10)21(31)28-20(25(5,6)7)22(32)30(13)18(16(2)3)15-17(4)23(33)34/h14-16,18-20H,1H2,2-13H3,(H,28,31)(H,29,35)(H,33,34)/t18-,19?,20-/m1/s1. The van der Waals surface area contributed by atoms with Gasteiger partial charge in [-0.15, -0.1) is 6.58 Å². The highest BCUT2D eigenvalue weighted by atomic mass is 16.6. The van der Waals surface area contributed by atoms with Crippen molar-refractivity contribution in [2.24, 2.45) is 16.7 Å². The van der Waals surface area contributed by atoms with Gasteiger partial charge in [-0.2, -0.15) is 0 Å². The number of nitrogens with zero attached hydrogens (tertiary/aromatic N) is 1. The number of rotatable bonds is 10. The van der Waals surface area contributed by atoms with Crippen LogP contribution in [0.2, 0.25) is 0 Å². The number of nitrogens with one attached hydrogen (secondary N) is 2. The van der Waals surface area contributed by atoms with Crippen LogP contribution in [-0.4, -0.2) is 64.7 Å². The SMILES string of the molecule is C=CC(C)(C)C(NC(=O)OC(C)(C)C)C(=O)N[C@H](C(=O)N(C)[C@H](C=C(C)C(=O)O)C(C)C)C(C)(C)C. The molecule has 3 N–H and O–H groups in total. The van der Waals surface area contributed by atoms with E-state index in [-0.39, 0.29) is 17.4 Å². The second kappa shape index (κ2) is 12.4. The summed E-state index contributed by atoms with van der Waals surface area (Å²) >= 11 is 0. The van der Waals surface area contributed by atoms with Crippen molar-refractivity contribution in [2.45, 2.75) is 99.9 Å². The van der Waals surface area contributed by atoms with E-state index in [4.69, 9.17) is 4.74 Å². The van der Waals surface area contributed by atoms with Crippen LogP contribution < -0.4 is 10.6 Å². The fourth-order valence-electron chi connectivity index (χ4n) is 3.44. The summed E-state index contributed by atoms with van der Waals surface area (Å²) in [6.07, 6.45) is 2.34. The minimum absolute atomic E-state index is 0.0779. The van der Waals surface area contributed by atoms with Gasteiger partial charge in [-0.1, -0.05) is 60.6 Å². The topological polar surface area (TPSA) is 125 Å². The lowest BCUT2D eigenvalue weighted by Gasteiger charge is -2.39. The third kappa shape index (κ3) is 10.0. The van der Waals surface area contributed by atoms with E-state index in [2.05, 4.69) is 17.2 Å². The third-order valence-corrected chi connectivity index (χ3v) is 5.83. The van der Waals surface area contributed by atoms with Gasteiger partial charge in [0.2, 0.25) is 11.8 Å². The summed E-state index contributed by atoms with van der Waals surface area (Å²) in [4.78, 5) is 52.5. The lowest BCUT2D eigenvalue weighted by atomic mass is 9.82. The lowest BCUT2D eigenvalue weighted by molar-refractivity contribution is -0.141. The van der Waals surface area contributed by atoms with Crippen LogP contribution in [0.15, 0.2) is 24.3 Å². The molecule has 0 bridgehead atoms. The van der Waals surface area contributed by atoms with Crippen molar-refractivity contribution in [2.75, 3.05) is 7.05 Å². The van der Waals surface area contributed by atoms with Gasteiger partial charge in [0.25, 0.3) is 0 Å². The summed E-state index contributed by atoms with van der Waals surface area (Å²) in [5.74, 6) is -2.09. The fraction of sp³-hybridized carbons (Fsp3) is 0.704. The number of carbonyl (C=O) groups excluding carboxylic acids is 3. The number of ether oxygens (including phenoxy) is 1. The van der Waals surface area contributed by atoms with Gasteiger partial charge in [0.15, 0.2) is 0 Å². The van der Waals surface area contributed by atoms with Gasteiger partial charge >= 0.3 is 12.1 Å². The molecule has 0 saturated heterocycles. The van der Waals surface area contributed by atoms with Gasteiger partial charge in [-0.25, -0.2) is 9.59 Å². The highest BCUT2D eigenvalue weighted by Gasteiger charge is 2.41.